The van der Waals surface area contributed by atoms with Gasteiger partial charge in [-0.3, -0.25) is 0 Å². The number of carboxylic acid groups (broad SMARTS) is 1. The monoisotopic (exact) mass is 388 g/mol. The molecular weight excluding hydrogens is 366 g/mol. The van der Waals surface area contributed by atoms with Gasteiger partial charge in [0, 0.05) is 25.4 Å². The van der Waals surface area contributed by atoms with Gasteiger partial charge in [-0.25, -0.2) is 9.07 Å². The Balaban J connectivity index is 0.00000364. The molecule has 2 rings (SSSR count). The van der Waals surface area contributed by atoms with Crippen molar-refractivity contribution in [1.82, 2.24) is 20.2 Å². The SMILES string of the molecule is Cn1nnnc1C(CCC(O)CC(O)CC(=O)[O-])Cc1ccc(F)cc1.[Na+]. The summed E-state index contributed by atoms with van der Waals surface area (Å²) in [5.41, 5.74) is 0.908. The van der Waals surface area contributed by atoms with Gasteiger partial charge in [0.15, 0.2) is 5.82 Å². The van der Waals surface area contributed by atoms with Gasteiger partial charge in [0.25, 0.3) is 0 Å². The van der Waals surface area contributed by atoms with Crippen LogP contribution in [0.3, 0.4) is 0 Å². The Morgan fingerprint density at radius 2 is 1.89 bits per heavy atom. The molecule has 0 radical (unpaired) electrons. The molecule has 1 aromatic heterocycles. The van der Waals surface area contributed by atoms with E-state index in [9.17, 15) is 24.5 Å². The van der Waals surface area contributed by atoms with Crippen LogP contribution in [0.15, 0.2) is 24.3 Å². The van der Waals surface area contributed by atoms with Gasteiger partial charge in [-0.15, -0.1) is 5.10 Å². The average molecular weight is 388 g/mol. The molecule has 2 aromatic rings. The van der Waals surface area contributed by atoms with Gasteiger partial charge in [0.1, 0.15) is 5.82 Å². The van der Waals surface area contributed by atoms with Crippen LogP contribution in [0.2, 0.25) is 0 Å². The number of aliphatic carboxylic acids is 1. The molecule has 0 saturated carbocycles. The summed E-state index contributed by atoms with van der Waals surface area (Å²) < 4.78 is 14.6. The number of benzene rings is 1. The molecule has 0 bridgehead atoms. The van der Waals surface area contributed by atoms with Crippen molar-refractivity contribution in [3.63, 3.8) is 0 Å². The van der Waals surface area contributed by atoms with Gasteiger partial charge in [-0.1, -0.05) is 12.1 Å². The largest absolute Gasteiger partial charge is 1.00 e. The van der Waals surface area contributed by atoms with Gasteiger partial charge in [0.2, 0.25) is 0 Å². The van der Waals surface area contributed by atoms with Crippen LogP contribution in [0.25, 0.3) is 0 Å². The van der Waals surface area contributed by atoms with Crippen LogP contribution in [0.1, 0.15) is 43.0 Å². The van der Waals surface area contributed by atoms with Crippen LogP contribution in [0.5, 0.6) is 0 Å². The number of aromatic nitrogens is 4. The quantitative estimate of drug-likeness (QED) is 0.409. The summed E-state index contributed by atoms with van der Waals surface area (Å²) in [7, 11) is 1.72. The molecule has 1 heterocycles. The van der Waals surface area contributed by atoms with Crippen LogP contribution < -0.4 is 34.7 Å². The molecule has 0 spiro atoms. The molecule has 2 N–H and O–H groups in total. The van der Waals surface area contributed by atoms with E-state index < -0.39 is 24.6 Å². The summed E-state index contributed by atoms with van der Waals surface area (Å²) >= 11 is 0. The molecule has 0 fully saturated rings. The number of nitrogens with zero attached hydrogens (tertiary/aromatic N) is 4. The fourth-order valence-electron chi connectivity index (χ4n) is 2.91. The number of carboxylic acids is 1. The van der Waals surface area contributed by atoms with Crippen molar-refractivity contribution < 1.29 is 54.1 Å². The Kier molecular flexibility index (Phi) is 10.0. The number of carbonyl (C=O) groups is 1. The molecule has 0 aliphatic heterocycles. The molecule has 142 valence electrons. The second-order valence-electron chi connectivity index (χ2n) is 6.39. The minimum Gasteiger partial charge on any atom is -0.550 e. The molecule has 1 aromatic carbocycles. The minimum absolute atomic E-state index is 0. The number of hydrogen-bond donors (Lipinski definition) is 2. The average Bonchev–Trinajstić information content (AvgIpc) is 2.98. The molecule has 0 aliphatic carbocycles. The van der Waals surface area contributed by atoms with E-state index in [0.29, 0.717) is 25.1 Å². The third kappa shape index (κ3) is 8.02. The zero-order valence-corrected chi connectivity index (χ0v) is 17.5. The van der Waals surface area contributed by atoms with Crippen molar-refractivity contribution in [2.75, 3.05) is 0 Å². The molecule has 8 nitrogen and oxygen atoms in total. The summed E-state index contributed by atoms with van der Waals surface area (Å²) in [4.78, 5) is 10.5. The number of rotatable bonds is 10. The fraction of sp³-hybridized carbons (Fsp3) is 0.529. The Bertz CT molecular complexity index is 713. The number of halogens is 1. The molecular formula is C17H22FN4NaO4. The van der Waals surface area contributed by atoms with E-state index in [1.165, 1.54) is 12.1 Å². The van der Waals surface area contributed by atoms with Gasteiger partial charge < -0.3 is 20.1 Å². The number of aryl methyl sites for hydroxylation is 1. The Morgan fingerprint density at radius 1 is 1.22 bits per heavy atom. The summed E-state index contributed by atoms with van der Waals surface area (Å²) in [6.45, 7) is 0. The standard InChI is InChI=1S/C17H23FN4O4.Na/c1-22-17(19-20-21-22)12(8-11-2-5-13(18)6-3-11)4-7-14(23)9-15(24)10-16(25)26;/h2-3,5-6,12,14-15,23-24H,4,7-10H2,1H3,(H,25,26);/q;+1/p-1. The first-order valence-corrected chi connectivity index (χ1v) is 8.37. The first-order valence-electron chi connectivity index (χ1n) is 8.37. The molecule has 0 aliphatic rings. The summed E-state index contributed by atoms with van der Waals surface area (Å²) in [5.74, 6) is -1.16. The van der Waals surface area contributed by atoms with Crippen LogP contribution in [-0.2, 0) is 18.3 Å². The molecule has 3 atom stereocenters. The summed E-state index contributed by atoms with van der Waals surface area (Å²) in [6.07, 6.45) is -1.16. The second kappa shape index (κ2) is 11.5. The predicted octanol–water partition coefficient (Wildman–Crippen LogP) is -3.29. The van der Waals surface area contributed by atoms with Crippen molar-refractivity contribution in [2.45, 2.75) is 50.2 Å². The Hall–Kier alpha value is -1.39. The Morgan fingerprint density at radius 3 is 2.44 bits per heavy atom. The van der Waals surface area contributed by atoms with E-state index in [1.54, 1.807) is 23.9 Å². The van der Waals surface area contributed by atoms with Crippen molar-refractivity contribution in [1.29, 1.82) is 0 Å². The summed E-state index contributed by atoms with van der Waals surface area (Å²) in [5, 5.41) is 41.6. The van der Waals surface area contributed by atoms with E-state index in [0.717, 1.165) is 5.56 Å². The number of aliphatic hydroxyl groups excluding tert-OH is 2. The van der Waals surface area contributed by atoms with Crippen LogP contribution in [0, 0.1) is 5.82 Å². The van der Waals surface area contributed by atoms with Crippen molar-refractivity contribution in [3.8, 4) is 0 Å². The second-order valence-corrected chi connectivity index (χ2v) is 6.39. The fourth-order valence-corrected chi connectivity index (χ4v) is 2.91. The van der Waals surface area contributed by atoms with E-state index in [1.807, 2.05) is 0 Å². The maximum atomic E-state index is 13.1. The number of hydrogen-bond acceptors (Lipinski definition) is 7. The molecule has 3 unspecified atom stereocenters. The topological polar surface area (TPSA) is 124 Å². The molecule has 0 saturated heterocycles. The number of aliphatic hydroxyl groups is 2. The number of carbonyl (C=O) groups excluding carboxylic acids is 1. The van der Waals surface area contributed by atoms with Gasteiger partial charge in [-0.05, 0) is 53.8 Å². The Labute approximate surface area is 178 Å². The molecule has 0 amide bonds. The van der Waals surface area contributed by atoms with Gasteiger partial charge in [-0.2, -0.15) is 0 Å². The zero-order chi connectivity index (χ0) is 19.1. The normalized spacial score (nSPS) is 14.2. The minimum atomic E-state index is -1.36. The van der Waals surface area contributed by atoms with Crippen LogP contribution in [-0.4, -0.2) is 48.6 Å². The van der Waals surface area contributed by atoms with E-state index in [4.69, 9.17) is 0 Å². The van der Waals surface area contributed by atoms with Crippen molar-refractivity contribution >= 4 is 5.97 Å². The summed E-state index contributed by atoms with van der Waals surface area (Å²) in [6, 6.07) is 6.14. The number of tetrazole rings is 1. The molecule has 27 heavy (non-hydrogen) atoms. The van der Waals surface area contributed by atoms with E-state index in [-0.39, 0.29) is 47.7 Å². The molecule has 10 heteroatoms. The van der Waals surface area contributed by atoms with Gasteiger partial charge >= 0.3 is 29.6 Å². The first-order chi connectivity index (χ1) is 12.3. The smallest absolute Gasteiger partial charge is 0.550 e. The van der Waals surface area contributed by atoms with E-state index in [2.05, 4.69) is 15.5 Å². The maximum Gasteiger partial charge on any atom is 1.00 e. The third-order valence-electron chi connectivity index (χ3n) is 4.21. The first kappa shape index (κ1) is 23.6. The van der Waals surface area contributed by atoms with Crippen LogP contribution >= 0.6 is 0 Å². The third-order valence-corrected chi connectivity index (χ3v) is 4.21. The van der Waals surface area contributed by atoms with Crippen molar-refractivity contribution in [2.24, 2.45) is 7.05 Å². The zero-order valence-electron chi connectivity index (χ0n) is 15.5. The predicted molar refractivity (Wildman–Crippen MR) is 87.1 cm³/mol. The van der Waals surface area contributed by atoms with Crippen molar-refractivity contribution in [3.05, 3.63) is 41.5 Å². The maximum absolute atomic E-state index is 13.1. The van der Waals surface area contributed by atoms with Gasteiger partial charge in [0.05, 0.1) is 12.2 Å². The van der Waals surface area contributed by atoms with E-state index >= 15 is 0 Å². The van der Waals surface area contributed by atoms with Crippen LogP contribution in [0.4, 0.5) is 4.39 Å².